The molecule has 28 heavy (non-hydrogen) atoms. The molecule has 1 atom stereocenters. The zero-order valence-corrected chi connectivity index (χ0v) is 17.1. The summed E-state index contributed by atoms with van der Waals surface area (Å²) in [5.74, 6) is -1.05. The Labute approximate surface area is 165 Å². The zero-order valence-electron chi connectivity index (χ0n) is 16.3. The molecule has 2 aromatic carbocycles. The molecule has 0 saturated heterocycles. The number of ether oxygens (including phenoxy) is 1. The van der Waals surface area contributed by atoms with E-state index in [1.807, 2.05) is 12.1 Å². The van der Waals surface area contributed by atoms with E-state index in [9.17, 15) is 18.0 Å². The van der Waals surface area contributed by atoms with E-state index >= 15 is 0 Å². The SMILES string of the molecule is CC[C@H](C)c1ccc(NC(=O)COC(=O)c2ccccc2S(=O)(=O)CC)cc1. The van der Waals surface area contributed by atoms with Gasteiger partial charge in [-0.1, -0.05) is 45.0 Å². The highest BCUT2D eigenvalue weighted by Crippen LogP contribution is 2.21. The smallest absolute Gasteiger partial charge is 0.339 e. The first-order valence-electron chi connectivity index (χ1n) is 9.17. The molecule has 0 unspecified atom stereocenters. The van der Waals surface area contributed by atoms with Crippen LogP contribution < -0.4 is 5.32 Å². The number of sulfone groups is 1. The van der Waals surface area contributed by atoms with Crippen LogP contribution in [0.3, 0.4) is 0 Å². The molecule has 7 heteroatoms. The van der Waals surface area contributed by atoms with E-state index in [1.165, 1.54) is 30.7 Å². The van der Waals surface area contributed by atoms with Gasteiger partial charge in [0.25, 0.3) is 5.91 Å². The first kappa shape index (κ1) is 21.6. The molecule has 1 amide bonds. The Balaban J connectivity index is 1.99. The molecule has 0 saturated carbocycles. The summed E-state index contributed by atoms with van der Waals surface area (Å²) in [6, 6.07) is 13.3. The Bertz CT molecular complexity index is 936. The van der Waals surface area contributed by atoms with Gasteiger partial charge in [-0.3, -0.25) is 4.79 Å². The van der Waals surface area contributed by atoms with Gasteiger partial charge in [-0.15, -0.1) is 0 Å². The third-order valence-electron chi connectivity index (χ3n) is 4.53. The number of carbonyl (C=O) groups excluding carboxylic acids is 2. The van der Waals surface area contributed by atoms with Crippen molar-refractivity contribution in [3.05, 3.63) is 59.7 Å². The number of hydrogen-bond acceptors (Lipinski definition) is 5. The van der Waals surface area contributed by atoms with E-state index in [2.05, 4.69) is 19.2 Å². The van der Waals surface area contributed by atoms with Gasteiger partial charge in [-0.05, 0) is 42.2 Å². The minimum Gasteiger partial charge on any atom is -0.452 e. The predicted octanol–water partition coefficient (Wildman–Crippen LogP) is 3.79. The van der Waals surface area contributed by atoms with Crippen LogP contribution in [0.15, 0.2) is 53.4 Å². The summed E-state index contributed by atoms with van der Waals surface area (Å²) in [6.07, 6.45) is 1.02. The Morgan fingerprint density at radius 3 is 2.29 bits per heavy atom. The minimum absolute atomic E-state index is 0.0740. The number of nitrogens with one attached hydrogen (secondary N) is 1. The molecule has 0 aliphatic carbocycles. The number of anilines is 1. The van der Waals surface area contributed by atoms with Crippen molar-refractivity contribution in [2.45, 2.75) is 38.0 Å². The van der Waals surface area contributed by atoms with Crippen LogP contribution in [0.1, 0.15) is 49.0 Å². The van der Waals surface area contributed by atoms with Crippen molar-refractivity contribution >= 4 is 27.4 Å². The van der Waals surface area contributed by atoms with Crippen molar-refractivity contribution in [1.82, 2.24) is 0 Å². The molecular formula is C21H25NO5S. The average molecular weight is 404 g/mol. The largest absolute Gasteiger partial charge is 0.452 e. The first-order valence-corrected chi connectivity index (χ1v) is 10.8. The summed E-state index contributed by atoms with van der Waals surface area (Å²) in [4.78, 5) is 24.2. The van der Waals surface area contributed by atoms with E-state index in [4.69, 9.17) is 4.74 Å². The van der Waals surface area contributed by atoms with Crippen LogP contribution in [0.5, 0.6) is 0 Å². The Kier molecular flexibility index (Phi) is 7.34. The lowest BCUT2D eigenvalue weighted by Crippen LogP contribution is -2.22. The fraction of sp³-hybridized carbons (Fsp3) is 0.333. The van der Waals surface area contributed by atoms with Gasteiger partial charge in [0.05, 0.1) is 16.2 Å². The van der Waals surface area contributed by atoms with Crippen LogP contribution in [-0.4, -0.2) is 32.7 Å². The predicted molar refractivity (Wildman–Crippen MR) is 108 cm³/mol. The summed E-state index contributed by atoms with van der Waals surface area (Å²) in [7, 11) is -3.58. The van der Waals surface area contributed by atoms with Crippen LogP contribution in [0, 0.1) is 0 Å². The molecule has 0 bridgehead atoms. The molecule has 0 aromatic heterocycles. The van der Waals surface area contributed by atoms with Crippen molar-refractivity contribution in [3.63, 3.8) is 0 Å². The fourth-order valence-corrected chi connectivity index (χ4v) is 3.68. The monoisotopic (exact) mass is 403 g/mol. The van der Waals surface area contributed by atoms with Crippen molar-refractivity contribution in [1.29, 1.82) is 0 Å². The summed E-state index contributed by atoms with van der Waals surface area (Å²) < 4.78 is 29.2. The van der Waals surface area contributed by atoms with Crippen molar-refractivity contribution in [2.75, 3.05) is 17.7 Å². The van der Waals surface area contributed by atoms with Gasteiger partial charge in [0.15, 0.2) is 16.4 Å². The second-order valence-electron chi connectivity index (χ2n) is 6.46. The highest BCUT2D eigenvalue weighted by molar-refractivity contribution is 7.91. The van der Waals surface area contributed by atoms with Crippen LogP contribution in [0.4, 0.5) is 5.69 Å². The summed E-state index contributed by atoms with van der Waals surface area (Å²) in [5.41, 5.74) is 1.71. The maximum Gasteiger partial charge on any atom is 0.339 e. The quantitative estimate of drug-likeness (QED) is 0.678. The lowest BCUT2D eigenvalue weighted by molar-refractivity contribution is -0.119. The average Bonchev–Trinajstić information content (AvgIpc) is 2.72. The second kappa shape index (κ2) is 9.50. The van der Waals surface area contributed by atoms with E-state index < -0.39 is 28.3 Å². The Morgan fingerprint density at radius 1 is 1.04 bits per heavy atom. The molecule has 6 nitrogen and oxygen atoms in total. The highest BCUT2D eigenvalue weighted by atomic mass is 32.2. The van der Waals surface area contributed by atoms with Gasteiger partial charge in [0.1, 0.15) is 0 Å². The normalized spacial score (nSPS) is 12.2. The number of esters is 1. The molecule has 2 rings (SSSR count). The fourth-order valence-electron chi connectivity index (χ4n) is 2.60. The highest BCUT2D eigenvalue weighted by Gasteiger charge is 2.22. The Hall–Kier alpha value is -2.67. The number of hydrogen-bond donors (Lipinski definition) is 1. The number of benzene rings is 2. The maximum absolute atomic E-state index is 12.3. The molecule has 0 heterocycles. The first-order chi connectivity index (χ1) is 13.3. The van der Waals surface area contributed by atoms with E-state index in [-0.39, 0.29) is 16.2 Å². The van der Waals surface area contributed by atoms with Gasteiger partial charge in [0, 0.05) is 5.69 Å². The van der Waals surface area contributed by atoms with Gasteiger partial charge < -0.3 is 10.1 Å². The molecule has 150 valence electrons. The summed E-state index contributed by atoms with van der Waals surface area (Å²) in [5, 5.41) is 2.65. The molecule has 2 aromatic rings. The maximum atomic E-state index is 12.3. The molecule has 1 N–H and O–H groups in total. The van der Waals surface area contributed by atoms with Gasteiger partial charge in [0.2, 0.25) is 0 Å². The Morgan fingerprint density at radius 2 is 1.68 bits per heavy atom. The minimum atomic E-state index is -3.58. The lowest BCUT2D eigenvalue weighted by atomic mass is 9.99. The molecule has 0 spiro atoms. The van der Waals surface area contributed by atoms with E-state index in [0.29, 0.717) is 11.6 Å². The molecule has 0 radical (unpaired) electrons. The van der Waals surface area contributed by atoms with Crippen molar-refractivity contribution < 1.29 is 22.7 Å². The van der Waals surface area contributed by atoms with Gasteiger partial charge in [-0.25, -0.2) is 13.2 Å². The molecule has 0 fully saturated rings. The number of amides is 1. The van der Waals surface area contributed by atoms with Gasteiger partial charge >= 0.3 is 5.97 Å². The van der Waals surface area contributed by atoms with Crippen molar-refractivity contribution in [3.8, 4) is 0 Å². The number of carbonyl (C=O) groups is 2. The van der Waals surface area contributed by atoms with Crippen molar-refractivity contribution in [2.24, 2.45) is 0 Å². The van der Waals surface area contributed by atoms with Crippen LogP contribution in [0.25, 0.3) is 0 Å². The van der Waals surface area contributed by atoms with Gasteiger partial charge in [-0.2, -0.15) is 0 Å². The zero-order chi connectivity index (χ0) is 20.7. The molecule has 0 aliphatic heterocycles. The lowest BCUT2D eigenvalue weighted by Gasteiger charge is -2.11. The van der Waals surface area contributed by atoms with Crippen LogP contribution in [-0.2, 0) is 19.4 Å². The summed E-state index contributed by atoms with van der Waals surface area (Å²) in [6.45, 7) is 5.23. The van der Waals surface area contributed by atoms with Crippen LogP contribution in [0.2, 0.25) is 0 Å². The second-order valence-corrected chi connectivity index (χ2v) is 8.70. The molecule has 0 aliphatic rings. The standard InChI is InChI=1S/C21H25NO5S/c1-4-15(3)16-10-12-17(13-11-16)22-20(23)14-27-21(24)18-8-6-7-9-19(18)28(25,26)5-2/h6-13,15H,4-5,14H2,1-3H3,(H,22,23)/t15-/m0/s1. The topological polar surface area (TPSA) is 89.5 Å². The number of rotatable bonds is 8. The third-order valence-corrected chi connectivity index (χ3v) is 6.32. The van der Waals surface area contributed by atoms with E-state index in [1.54, 1.807) is 18.2 Å². The third kappa shape index (κ3) is 5.42. The van der Waals surface area contributed by atoms with E-state index in [0.717, 1.165) is 6.42 Å². The summed E-state index contributed by atoms with van der Waals surface area (Å²) >= 11 is 0. The van der Waals surface area contributed by atoms with Crippen LogP contribution >= 0.6 is 0 Å². The molecular weight excluding hydrogens is 378 g/mol.